The van der Waals surface area contributed by atoms with Crippen molar-refractivity contribution in [3.8, 4) is 11.5 Å². The Bertz CT molecular complexity index is 648. The molecule has 0 bridgehead atoms. The van der Waals surface area contributed by atoms with E-state index in [0.29, 0.717) is 11.5 Å². The largest absolute Gasteiger partial charge is 0.497 e. The zero-order valence-electron chi connectivity index (χ0n) is 12.9. The maximum Gasteiger partial charge on any atom is 0.182 e. The molecule has 0 aliphatic heterocycles. The molecule has 0 spiro atoms. The van der Waals surface area contributed by atoms with Gasteiger partial charge in [0.15, 0.2) is 5.78 Å². The van der Waals surface area contributed by atoms with Crippen molar-refractivity contribution >= 4 is 5.78 Å². The number of aryl methyl sites for hydroxylation is 1. The SMILES string of the molecule is CCC(C)=C1C=CC(=O)C=C1Oc1cc(OC)ccc1C. The Morgan fingerprint density at radius 1 is 1.24 bits per heavy atom. The Morgan fingerprint density at radius 3 is 2.67 bits per heavy atom. The van der Waals surface area contributed by atoms with Crippen LogP contribution in [0.3, 0.4) is 0 Å². The molecule has 2 rings (SSSR count). The summed E-state index contributed by atoms with van der Waals surface area (Å²) in [4.78, 5) is 11.6. The number of allylic oxidation sites excluding steroid dienone is 4. The highest BCUT2D eigenvalue weighted by Crippen LogP contribution is 2.30. The highest BCUT2D eigenvalue weighted by atomic mass is 16.5. The average Bonchev–Trinajstić information content (AvgIpc) is 2.49. The van der Waals surface area contributed by atoms with Crippen molar-refractivity contribution in [2.75, 3.05) is 7.11 Å². The number of ketones is 1. The van der Waals surface area contributed by atoms with E-state index in [1.807, 2.05) is 38.1 Å². The van der Waals surface area contributed by atoms with Crippen LogP contribution in [0.15, 0.2) is 53.3 Å². The van der Waals surface area contributed by atoms with Gasteiger partial charge in [0.2, 0.25) is 0 Å². The molecule has 1 aliphatic rings. The first-order valence-electron chi connectivity index (χ1n) is 7.01. The molecule has 1 aliphatic carbocycles. The molecule has 0 N–H and O–H groups in total. The summed E-state index contributed by atoms with van der Waals surface area (Å²) in [5.74, 6) is 1.97. The van der Waals surface area contributed by atoms with Crippen molar-refractivity contribution in [2.45, 2.75) is 27.2 Å². The van der Waals surface area contributed by atoms with Gasteiger partial charge >= 0.3 is 0 Å². The second-order valence-electron chi connectivity index (χ2n) is 5.03. The molecule has 0 heterocycles. The molecule has 0 aromatic heterocycles. The molecule has 1 aromatic rings. The number of benzene rings is 1. The lowest BCUT2D eigenvalue weighted by atomic mass is 10.00. The monoisotopic (exact) mass is 284 g/mol. The molecular formula is C18H20O3. The van der Waals surface area contributed by atoms with Gasteiger partial charge < -0.3 is 9.47 Å². The third-order valence-corrected chi connectivity index (χ3v) is 3.56. The Morgan fingerprint density at radius 2 is 2.00 bits per heavy atom. The van der Waals surface area contributed by atoms with Crippen LogP contribution >= 0.6 is 0 Å². The van der Waals surface area contributed by atoms with Crippen LogP contribution in [-0.4, -0.2) is 12.9 Å². The maximum absolute atomic E-state index is 11.6. The number of methoxy groups -OCH3 is 1. The molecule has 110 valence electrons. The van der Waals surface area contributed by atoms with E-state index < -0.39 is 0 Å². The van der Waals surface area contributed by atoms with Crippen molar-refractivity contribution in [1.29, 1.82) is 0 Å². The van der Waals surface area contributed by atoms with Crippen molar-refractivity contribution < 1.29 is 14.3 Å². The summed E-state index contributed by atoms with van der Waals surface area (Å²) in [6.07, 6.45) is 5.84. The first-order valence-corrected chi connectivity index (χ1v) is 7.01. The maximum atomic E-state index is 11.6. The van der Waals surface area contributed by atoms with Crippen LogP contribution in [0.1, 0.15) is 25.8 Å². The number of carbonyl (C=O) groups excluding carboxylic acids is 1. The van der Waals surface area contributed by atoms with Crippen molar-refractivity contribution in [3.63, 3.8) is 0 Å². The van der Waals surface area contributed by atoms with E-state index in [4.69, 9.17) is 9.47 Å². The van der Waals surface area contributed by atoms with Gasteiger partial charge in [0.05, 0.1) is 7.11 Å². The van der Waals surface area contributed by atoms with Crippen LogP contribution in [0.25, 0.3) is 0 Å². The Hall–Kier alpha value is -2.29. The van der Waals surface area contributed by atoms with E-state index in [0.717, 1.165) is 23.3 Å². The lowest BCUT2D eigenvalue weighted by molar-refractivity contribution is -0.110. The summed E-state index contributed by atoms with van der Waals surface area (Å²) in [7, 11) is 1.62. The molecule has 0 radical (unpaired) electrons. The van der Waals surface area contributed by atoms with Gasteiger partial charge in [-0.1, -0.05) is 18.6 Å². The highest BCUT2D eigenvalue weighted by Gasteiger charge is 2.15. The van der Waals surface area contributed by atoms with Crippen molar-refractivity contribution in [3.05, 3.63) is 58.9 Å². The fourth-order valence-corrected chi connectivity index (χ4v) is 2.07. The van der Waals surface area contributed by atoms with Gasteiger partial charge in [-0.3, -0.25) is 4.79 Å². The van der Waals surface area contributed by atoms with Crippen LogP contribution in [0.4, 0.5) is 0 Å². The third-order valence-electron chi connectivity index (χ3n) is 3.56. The zero-order chi connectivity index (χ0) is 15.4. The summed E-state index contributed by atoms with van der Waals surface area (Å²) in [5.41, 5.74) is 3.15. The zero-order valence-corrected chi connectivity index (χ0v) is 12.9. The summed E-state index contributed by atoms with van der Waals surface area (Å²) >= 11 is 0. The lowest BCUT2D eigenvalue weighted by Crippen LogP contribution is -2.08. The summed E-state index contributed by atoms with van der Waals surface area (Å²) in [6.45, 7) is 6.10. The second-order valence-corrected chi connectivity index (χ2v) is 5.03. The van der Waals surface area contributed by atoms with Crippen molar-refractivity contribution in [1.82, 2.24) is 0 Å². The molecule has 0 saturated carbocycles. The van der Waals surface area contributed by atoms with Crippen LogP contribution in [-0.2, 0) is 4.79 Å². The van der Waals surface area contributed by atoms with E-state index in [9.17, 15) is 4.79 Å². The Labute approximate surface area is 125 Å². The normalized spacial score (nSPS) is 16.6. The predicted molar refractivity (Wildman–Crippen MR) is 83.6 cm³/mol. The molecule has 3 nitrogen and oxygen atoms in total. The van der Waals surface area contributed by atoms with Crippen LogP contribution in [0.2, 0.25) is 0 Å². The third kappa shape index (κ3) is 3.43. The average molecular weight is 284 g/mol. The molecular weight excluding hydrogens is 264 g/mol. The number of rotatable bonds is 4. The van der Waals surface area contributed by atoms with Gasteiger partial charge in [0.25, 0.3) is 0 Å². The van der Waals surface area contributed by atoms with Gasteiger partial charge in [0.1, 0.15) is 17.3 Å². The number of ether oxygens (including phenoxy) is 2. The molecule has 0 unspecified atom stereocenters. The predicted octanol–water partition coefficient (Wildman–Crippen LogP) is 4.13. The Balaban J connectivity index is 2.39. The standard InChI is InChI=1S/C18H20O3/c1-5-12(2)16-9-7-14(19)10-18(16)21-17-11-15(20-4)8-6-13(17)3/h6-11H,5H2,1-4H3. The second kappa shape index (κ2) is 6.44. The minimum atomic E-state index is -0.0572. The fraction of sp³-hybridized carbons (Fsp3) is 0.278. The summed E-state index contributed by atoms with van der Waals surface area (Å²) < 4.78 is 11.2. The van der Waals surface area contributed by atoms with Gasteiger partial charge in [0, 0.05) is 17.7 Å². The highest BCUT2D eigenvalue weighted by molar-refractivity contribution is 6.02. The summed E-state index contributed by atoms with van der Waals surface area (Å²) in [6, 6.07) is 5.65. The van der Waals surface area contributed by atoms with Crippen LogP contribution in [0, 0.1) is 6.92 Å². The molecule has 0 saturated heterocycles. The quantitative estimate of drug-likeness (QED) is 0.834. The number of carbonyl (C=O) groups is 1. The van der Waals surface area contributed by atoms with Gasteiger partial charge in [-0.25, -0.2) is 0 Å². The molecule has 1 aromatic carbocycles. The topological polar surface area (TPSA) is 35.5 Å². The van der Waals surface area contributed by atoms with Gasteiger partial charge in [-0.2, -0.15) is 0 Å². The van der Waals surface area contributed by atoms with E-state index in [2.05, 4.69) is 6.92 Å². The minimum Gasteiger partial charge on any atom is -0.497 e. The summed E-state index contributed by atoms with van der Waals surface area (Å²) in [5, 5.41) is 0. The Kier molecular flexibility index (Phi) is 4.63. The van der Waals surface area contributed by atoms with E-state index in [1.54, 1.807) is 13.2 Å². The fourth-order valence-electron chi connectivity index (χ4n) is 2.07. The van der Waals surface area contributed by atoms with Gasteiger partial charge in [-0.05, 0) is 44.1 Å². The molecule has 0 fully saturated rings. The molecule has 0 atom stereocenters. The van der Waals surface area contributed by atoms with Crippen LogP contribution < -0.4 is 9.47 Å². The van der Waals surface area contributed by atoms with Gasteiger partial charge in [-0.15, -0.1) is 0 Å². The molecule has 3 heteroatoms. The van der Waals surface area contributed by atoms with Crippen molar-refractivity contribution in [2.24, 2.45) is 0 Å². The smallest absolute Gasteiger partial charge is 0.182 e. The number of hydrogen-bond acceptors (Lipinski definition) is 3. The number of hydrogen-bond donors (Lipinski definition) is 0. The first kappa shape index (κ1) is 15.1. The minimum absolute atomic E-state index is 0.0572. The van der Waals surface area contributed by atoms with E-state index in [1.165, 1.54) is 11.6 Å². The lowest BCUT2D eigenvalue weighted by Gasteiger charge is -2.17. The van der Waals surface area contributed by atoms with E-state index >= 15 is 0 Å². The van der Waals surface area contributed by atoms with Crippen LogP contribution in [0.5, 0.6) is 11.5 Å². The molecule has 0 amide bonds. The van der Waals surface area contributed by atoms with E-state index in [-0.39, 0.29) is 5.78 Å². The molecule has 21 heavy (non-hydrogen) atoms. The first-order chi connectivity index (χ1) is 10.0.